The summed E-state index contributed by atoms with van der Waals surface area (Å²) in [5.41, 5.74) is 3.93. The Hall–Kier alpha value is -1.16. The number of nitrogens with one attached hydrogen (secondary N) is 1. The molecule has 4 heteroatoms. The van der Waals surface area contributed by atoms with Crippen LogP contribution in [0.25, 0.3) is 0 Å². The molecule has 2 aliphatic rings. The van der Waals surface area contributed by atoms with Crippen molar-refractivity contribution < 1.29 is 4.79 Å². The fourth-order valence-electron chi connectivity index (χ4n) is 1.85. The zero-order valence-electron chi connectivity index (χ0n) is 8.98. The highest BCUT2D eigenvalue weighted by atomic mass is 32.1. The van der Waals surface area contributed by atoms with E-state index >= 15 is 0 Å². The molecular weight excluding hydrogens is 220 g/mol. The fraction of sp³-hybridized carbons (Fsp3) is 0.500. The first-order valence-electron chi connectivity index (χ1n) is 5.76. The molecule has 1 N–H and O–H groups in total. The van der Waals surface area contributed by atoms with Gasteiger partial charge >= 0.3 is 0 Å². The zero-order valence-corrected chi connectivity index (χ0v) is 9.80. The van der Waals surface area contributed by atoms with Gasteiger partial charge < -0.3 is 0 Å². The molecule has 0 aromatic carbocycles. The minimum atomic E-state index is -0.0752. The summed E-state index contributed by atoms with van der Waals surface area (Å²) >= 11 is 1.45. The van der Waals surface area contributed by atoms with Crippen molar-refractivity contribution in [2.75, 3.05) is 0 Å². The van der Waals surface area contributed by atoms with Crippen LogP contribution in [0, 0.1) is 11.8 Å². The Morgan fingerprint density at radius 1 is 1.31 bits per heavy atom. The monoisotopic (exact) mass is 234 g/mol. The maximum absolute atomic E-state index is 11.7. The van der Waals surface area contributed by atoms with Crippen LogP contribution in [0.15, 0.2) is 22.6 Å². The standard InChI is InChI=1S/C12H14N2OS/c15-12(10-2-1-7-16-10)14-13-11(8-3-4-8)9-5-6-9/h1-2,7-9H,3-6H2,(H,14,15). The lowest BCUT2D eigenvalue weighted by molar-refractivity contribution is 0.0958. The molecule has 0 radical (unpaired) electrons. The zero-order chi connectivity index (χ0) is 11.0. The third-order valence-electron chi connectivity index (χ3n) is 3.02. The van der Waals surface area contributed by atoms with Crippen molar-refractivity contribution in [2.45, 2.75) is 25.7 Å². The summed E-state index contributed by atoms with van der Waals surface area (Å²) < 4.78 is 0. The van der Waals surface area contributed by atoms with Crippen LogP contribution >= 0.6 is 11.3 Å². The molecule has 84 valence electrons. The number of hydrogen-bond donors (Lipinski definition) is 1. The number of carbonyl (C=O) groups is 1. The number of thiophene rings is 1. The molecule has 0 saturated heterocycles. The van der Waals surface area contributed by atoms with Gasteiger partial charge in [-0.2, -0.15) is 5.10 Å². The van der Waals surface area contributed by atoms with Crippen LogP contribution < -0.4 is 5.43 Å². The summed E-state index contributed by atoms with van der Waals surface area (Å²) in [6.07, 6.45) is 5.02. The Labute approximate surface area is 98.6 Å². The van der Waals surface area contributed by atoms with E-state index < -0.39 is 0 Å². The van der Waals surface area contributed by atoms with Crippen molar-refractivity contribution in [2.24, 2.45) is 16.9 Å². The Kier molecular flexibility index (Phi) is 2.52. The minimum absolute atomic E-state index is 0.0752. The second-order valence-corrected chi connectivity index (χ2v) is 5.45. The summed E-state index contributed by atoms with van der Waals surface area (Å²) in [5, 5.41) is 6.23. The minimum Gasteiger partial charge on any atom is -0.266 e. The van der Waals surface area contributed by atoms with Crippen molar-refractivity contribution in [3.8, 4) is 0 Å². The van der Waals surface area contributed by atoms with E-state index in [4.69, 9.17) is 0 Å². The van der Waals surface area contributed by atoms with Crippen LogP contribution in [0.4, 0.5) is 0 Å². The number of rotatable bonds is 4. The molecule has 16 heavy (non-hydrogen) atoms. The molecule has 3 nitrogen and oxygen atoms in total. The molecule has 2 fully saturated rings. The number of amides is 1. The molecule has 1 heterocycles. The largest absolute Gasteiger partial charge is 0.281 e. The first-order chi connectivity index (χ1) is 7.84. The molecule has 0 bridgehead atoms. The van der Waals surface area contributed by atoms with Gasteiger partial charge in [0.05, 0.1) is 4.88 Å². The smallest absolute Gasteiger partial charge is 0.266 e. The van der Waals surface area contributed by atoms with Gasteiger partial charge in [-0.1, -0.05) is 6.07 Å². The van der Waals surface area contributed by atoms with Gasteiger partial charge in [0.25, 0.3) is 5.91 Å². The van der Waals surface area contributed by atoms with Gasteiger partial charge in [0.15, 0.2) is 0 Å². The van der Waals surface area contributed by atoms with E-state index in [-0.39, 0.29) is 5.91 Å². The van der Waals surface area contributed by atoms with Crippen LogP contribution in [0.1, 0.15) is 35.4 Å². The van der Waals surface area contributed by atoms with E-state index in [2.05, 4.69) is 10.5 Å². The summed E-state index contributed by atoms with van der Waals surface area (Å²) in [7, 11) is 0. The lowest BCUT2D eigenvalue weighted by Gasteiger charge is -2.02. The predicted molar refractivity (Wildman–Crippen MR) is 64.7 cm³/mol. The molecule has 0 unspecified atom stereocenters. The summed E-state index contributed by atoms with van der Waals surface area (Å²) in [6.45, 7) is 0. The maximum Gasteiger partial charge on any atom is 0.281 e. The lowest BCUT2D eigenvalue weighted by Crippen LogP contribution is -2.20. The van der Waals surface area contributed by atoms with E-state index in [1.807, 2.05) is 17.5 Å². The van der Waals surface area contributed by atoms with Crippen LogP contribution in [0.2, 0.25) is 0 Å². The van der Waals surface area contributed by atoms with E-state index in [1.54, 1.807) is 0 Å². The number of carbonyl (C=O) groups excluding carboxylic acids is 1. The summed E-state index contributed by atoms with van der Waals surface area (Å²) in [5.74, 6) is 1.25. The van der Waals surface area contributed by atoms with Crippen LogP contribution in [0.3, 0.4) is 0 Å². The highest BCUT2D eigenvalue weighted by Gasteiger charge is 2.38. The lowest BCUT2D eigenvalue weighted by atomic mass is 10.2. The van der Waals surface area contributed by atoms with Gasteiger partial charge in [-0.05, 0) is 49.0 Å². The second-order valence-electron chi connectivity index (χ2n) is 4.50. The first kappa shape index (κ1) is 10.0. The molecule has 2 saturated carbocycles. The Bertz CT molecular complexity index is 402. The topological polar surface area (TPSA) is 41.5 Å². The molecule has 1 aromatic rings. The Morgan fingerprint density at radius 3 is 2.50 bits per heavy atom. The van der Waals surface area contributed by atoms with Gasteiger partial charge in [0, 0.05) is 5.71 Å². The number of hydrogen-bond acceptors (Lipinski definition) is 3. The number of hydrazone groups is 1. The normalized spacial score (nSPS) is 19.2. The third kappa shape index (κ3) is 2.16. The predicted octanol–water partition coefficient (Wildman–Crippen LogP) is 2.65. The van der Waals surface area contributed by atoms with Crippen LogP contribution in [-0.4, -0.2) is 11.6 Å². The van der Waals surface area contributed by atoms with Gasteiger partial charge in [-0.15, -0.1) is 11.3 Å². The van der Waals surface area contributed by atoms with Crippen molar-refractivity contribution in [3.05, 3.63) is 22.4 Å². The SMILES string of the molecule is O=C(NN=C(C1CC1)C1CC1)c1cccs1. The first-order valence-corrected chi connectivity index (χ1v) is 6.64. The Morgan fingerprint density at radius 2 is 2.00 bits per heavy atom. The third-order valence-corrected chi connectivity index (χ3v) is 3.89. The van der Waals surface area contributed by atoms with Gasteiger partial charge in [0.2, 0.25) is 0 Å². The molecule has 2 aliphatic carbocycles. The Balaban J connectivity index is 1.65. The quantitative estimate of drug-likeness (QED) is 0.631. The molecule has 0 aliphatic heterocycles. The molecule has 1 aromatic heterocycles. The van der Waals surface area contributed by atoms with Crippen molar-refractivity contribution >= 4 is 23.0 Å². The molecule has 0 spiro atoms. The summed E-state index contributed by atoms with van der Waals surface area (Å²) in [6, 6.07) is 3.70. The molecule has 0 atom stereocenters. The maximum atomic E-state index is 11.7. The average Bonchev–Trinajstić information content (AvgIpc) is 3.21. The van der Waals surface area contributed by atoms with Gasteiger partial charge in [-0.3, -0.25) is 4.79 Å². The molecule has 3 rings (SSSR count). The van der Waals surface area contributed by atoms with Crippen molar-refractivity contribution in [1.82, 2.24) is 5.43 Å². The van der Waals surface area contributed by atoms with E-state index in [0.717, 1.165) is 4.88 Å². The molecular formula is C12H14N2OS. The van der Waals surface area contributed by atoms with Crippen molar-refractivity contribution in [3.63, 3.8) is 0 Å². The highest BCUT2D eigenvalue weighted by Crippen LogP contribution is 2.41. The van der Waals surface area contributed by atoms with Gasteiger partial charge in [-0.25, -0.2) is 5.43 Å². The second kappa shape index (κ2) is 4.01. The van der Waals surface area contributed by atoms with E-state index in [0.29, 0.717) is 11.8 Å². The van der Waals surface area contributed by atoms with E-state index in [1.165, 1.54) is 42.7 Å². The van der Waals surface area contributed by atoms with Crippen molar-refractivity contribution in [1.29, 1.82) is 0 Å². The van der Waals surface area contributed by atoms with Gasteiger partial charge in [0.1, 0.15) is 0 Å². The van der Waals surface area contributed by atoms with E-state index in [9.17, 15) is 4.79 Å². The highest BCUT2D eigenvalue weighted by molar-refractivity contribution is 7.12. The average molecular weight is 234 g/mol. The number of nitrogens with zero attached hydrogens (tertiary/aromatic N) is 1. The van der Waals surface area contributed by atoms with Crippen LogP contribution in [-0.2, 0) is 0 Å². The molecule has 1 amide bonds. The fourth-order valence-corrected chi connectivity index (χ4v) is 2.47. The summed E-state index contributed by atoms with van der Waals surface area (Å²) in [4.78, 5) is 12.4. The van der Waals surface area contributed by atoms with Crippen LogP contribution in [0.5, 0.6) is 0 Å².